The van der Waals surface area contributed by atoms with Crippen molar-refractivity contribution in [2.45, 2.75) is 26.9 Å². The summed E-state index contributed by atoms with van der Waals surface area (Å²) in [5, 5.41) is 0. The van der Waals surface area contributed by atoms with Crippen LogP contribution in [0.4, 0.5) is 0 Å². The van der Waals surface area contributed by atoms with Gasteiger partial charge in [0.1, 0.15) is 11.7 Å². The highest BCUT2D eigenvalue weighted by molar-refractivity contribution is 6.18. The SMILES string of the molecule is CCOC(=O)/C(=C\N(C)C)C(=O)C(C)OCC. The predicted octanol–water partition coefficient (Wildman–Crippen LogP) is 0.989. The van der Waals surface area contributed by atoms with Gasteiger partial charge >= 0.3 is 5.97 Å². The van der Waals surface area contributed by atoms with Crippen molar-refractivity contribution >= 4 is 11.8 Å². The molecule has 0 amide bonds. The molecule has 98 valence electrons. The molecule has 0 bridgehead atoms. The number of nitrogens with zero attached hydrogens (tertiary/aromatic N) is 1. The van der Waals surface area contributed by atoms with Crippen LogP contribution in [-0.2, 0) is 19.1 Å². The Kier molecular flexibility index (Phi) is 7.21. The maximum Gasteiger partial charge on any atom is 0.343 e. The summed E-state index contributed by atoms with van der Waals surface area (Å²) in [5.41, 5.74) is 0.0119. The molecule has 0 rings (SSSR count). The van der Waals surface area contributed by atoms with Crippen LogP contribution in [0, 0.1) is 0 Å². The van der Waals surface area contributed by atoms with E-state index in [0.717, 1.165) is 0 Å². The lowest BCUT2D eigenvalue weighted by Gasteiger charge is -2.14. The van der Waals surface area contributed by atoms with Gasteiger partial charge in [-0.05, 0) is 20.8 Å². The smallest absolute Gasteiger partial charge is 0.343 e. The Balaban J connectivity index is 4.93. The van der Waals surface area contributed by atoms with Crippen molar-refractivity contribution in [2.75, 3.05) is 27.3 Å². The van der Waals surface area contributed by atoms with E-state index < -0.39 is 12.1 Å². The molecule has 5 nitrogen and oxygen atoms in total. The van der Waals surface area contributed by atoms with Gasteiger partial charge in [-0.2, -0.15) is 0 Å². The molecular weight excluding hydrogens is 222 g/mol. The average Bonchev–Trinajstić information content (AvgIpc) is 2.25. The van der Waals surface area contributed by atoms with Crippen molar-refractivity contribution in [1.82, 2.24) is 4.90 Å². The molecule has 0 radical (unpaired) electrons. The molecule has 0 fully saturated rings. The summed E-state index contributed by atoms with van der Waals surface area (Å²) in [7, 11) is 3.47. The number of hydrogen-bond donors (Lipinski definition) is 0. The summed E-state index contributed by atoms with van der Waals surface area (Å²) in [6.45, 7) is 5.77. The topological polar surface area (TPSA) is 55.8 Å². The zero-order valence-corrected chi connectivity index (χ0v) is 11.1. The number of esters is 1. The van der Waals surface area contributed by atoms with Gasteiger partial charge < -0.3 is 14.4 Å². The predicted molar refractivity (Wildman–Crippen MR) is 64.5 cm³/mol. The van der Waals surface area contributed by atoms with E-state index in [-0.39, 0.29) is 18.0 Å². The Morgan fingerprint density at radius 2 is 1.82 bits per heavy atom. The maximum absolute atomic E-state index is 12.0. The molecule has 17 heavy (non-hydrogen) atoms. The second-order valence-electron chi connectivity index (χ2n) is 3.69. The van der Waals surface area contributed by atoms with E-state index in [2.05, 4.69) is 0 Å². The van der Waals surface area contributed by atoms with Crippen molar-refractivity contribution in [3.63, 3.8) is 0 Å². The van der Waals surface area contributed by atoms with Crippen LogP contribution in [0.1, 0.15) is 20.8 Å². The van der Waals surface area contributed by atoms with E-state index in [1.54, 1.807) is 39.8 Å². The standard InChI is InChI=1S/C12H21NO4/c1-6-16-9(3)11(14)10(8-13(4)5)12(15)17-7-2/h8-9H,6-7H2,1-5H3/b10-8-. The van der Waals surface area contributed by atoms with E-state index in [0.29, 0.717) is 6.61 Å². The molecule has 0 aliphatic carbocycles. The molecule has 0 heterocycles. The highest BCUT2D eigenvalue weighted by atomic mass is 16.5. The van der Waals surface area contributed by atoms with E-state index in [1.807, 2.05) is 0 Å². The Morgan fingerprint density at radius 1 is 1.24 bits per heavy atom. The van der Waals surface area contributed by atoms with E-state index in [1.165, 1.54) is 6.20 Å². The Labute approximate surface area is 102 Å². The molecule has 0 saturated carbocycles. The van der Waals surface area contributed by atoms with E-state index in [4.69, 9.17) is 9.47 Å². The molecule has 1 unspecified atom stereocenters. The van der Waals surface area contributed by atoms with Crippen LogP contribution in [-0.4, -0.2) is 50.1 Å². The van der Waals surface area contributed by atoms with E-state index in [9.17, 15) is 9.59 Å². The summed E-state index contributed by atoms with van der Waals surface area (Å²) >= 11 is 0. The monoisotopic (exact) mass is 243 g/mol. The third kappa shape index (κ3) is 5.49. The summed E-state index contributed by atoms with van der Waals surface area (Å²) < 4.78 is 10.0. The molecule has 0 aromatic rings. The van der Waals surface area contributed by atoms with Crippen LogP contribution < -0.4 is 0 Å². The van der Waals surface area contributed by atoms with Crippen LogP contribution in [0.2, 0.25) is 0 Å². The normalized spacial score (nSPS) is 13.1. The van der Waals surface area contributed by atoms with Gasteiger partial charge in [-0.1, -0.05) is 0 Å². The molecule has 0 aromatic heterocycles. The van der Waals surface area contributed by atoms with Gasteiger partial charge in [0.2, 0.25) is 0 Å². The third-order valence-corrected chi connectivity index (χ3v) is 1.93. The molecule has 0 saturated heterocycles. The van der Waals surface area contributed by atoms with Crippen molar-refractivity contribution in [3.8, 4) is 0 Å². The van der Waals surface area contributed by atoms with Gasteiger partial charge in [0.05, 0.1) is 6.61 Å². The Morgan fingerprint density at radius 3 is 2.24 bits per heavy atom. The third-order valence-electron chi connectivity index (χ3n) is 1.93. The van der Waals surface area contributed by atoms with Crippen molar-refractivity contribution < 1.29 is 19.1 Å². The minimum atomic E-state index is -0.643. The van der Waals surface area contributed by atoms with Gasteiger partial charge in [-0.25, -0.2) is 4.79 Å². The molecule has 1 atom stereocenters. The second-order valence-corrected chi connectivity index (χ2v) is 3.69. The lowest BCUT2D eigenvalue weighted by molar-refractivity contribution is -0.141. The molecule has 0 spiro atoms. The van der Waals surface area contributed by atoms with Crippen LogP contribution >= 0.6 is 0 Å². The first kappa shape index (κ1) is 15.6. The highest BCUT2D eigenvalue weighted by Gasteiger charge is 2.25. The van der Waals surface area contributed by atoms with Crippen LogP contribution in [0.25, 0.3) is 0 Å². The van der Waals surface area contributed by atoms with Crippen molar-refractivity contribution in [2.24, 2.45) is 0 Å². The molecular formula is C12H21NO4. The van der Waals surface area contributed by atoms with Gasteiger partial charge in [0.25, 0.3) is 0 Å². The lowest BCUT2D eigenvalue weighted by Crippen LogP contribution is -2.28. The number of rotatable bonds is 7. The van der Waals surface area contributed by atoms with Gasteiger partial charge in [0, 0.05) is 26.9 Å². The minimum Gasteiger partial charge on any atom is -0.462 e. The number of carbonyl (C=O) groups excluding carboxylic acids is 2. The number of ketones is 1. The lowest BCUT2D eigenvalue weighted by atomic mass is 10.1. The van der Waals surface area contributed by atoms with E-state index >= 15 is 0 Å². The fraction of sp³-hybridized carbons (Fsp3) is 0.667. The average molecular weight is 243 g/mol. The summed E-state index contributed by atoms with van der Waals surface area (Å²) in [6, 6.07) is 0. The summed E-state index contributed by atoms with van der Waals surface area (Å²) in [5.74, 6) is -0.975. The number of Topliss-reactive ketones (excluding diaryl/α,β-unsaturated/α-hetero) is 1. The Hall–Kier alpha value is -1.36. The van der Waals surface area contributed by atoms with Crippen molar-refractivity contribution in [3.05, 3.63) is 11.8 Å². The fourth-order valence-corrected chi connectivity index (χ4v) is 1.23. The number of hydrogen-bond acceptors (Lipinski definition) is 5. The van der Waals surface area contributed by atoms with Crippen LogP contribution in [0.5, 0.6) is 0 Å². The number of ether oxygens (including phenoxy) is 2. The zero-order chi connectivity index (χ0) is 13.4. The Bertz CT molecular complexity index is 297. The molecule has 0 aromatic carbocycles. The van der Waals surface area contributed by atoms with Gasteiger partial charge in [-0.3, -0.25) is 4.79 Å². The van der Waals surface area contributed by atoms with Crippen molar-refractivity contribution in [1.29, 1.82) is 0 Å². The van der Waals surface area contributed by atoms with Gasteiger partial charge in [-0.15, -0.1) is 0 Å². The molecule has 0 aliphatic rings. The maximum atomic E-state index is 12.0. The summed E-state index contributed by atoms with van der Waals surface area (Å²) in [6.07, 6.45) is 0.811. The van der Waals surface area contributed by atoms with Gasteiger partial charge in [0.15, 0.2) is 5.78 Å². The largest absolute Gasteiger partial charge is 0.462 e. The molecule has 5 heteroatoms. The minimum absolute atomic E-state index is 0.0119. The first-order valence-corrected chi connectivity index (χ1v) is 5.65. The molecule has 0 N–H and O–H groups in total. The number of carbonyl (C=O) groups is 2. The summed E-state index contributed by atoms with van der Waals surface area (Å²) in [4.78, 5) is 25.2. The van der Waals surface area contributed by atoms with Crippen LogP contribution in [0.3, 0.4) is 0 Å². The first-order valence-electron chi connectivity index (χ1n) is 5.65. The zero-order valence-electron chi connectivity index (χ0n) is 11.1. The molecule has 0 aliphatic heterocycles. The van der Waals surface area contributed by atoms with Crippen LogP contribution in [0.15, 0.2) is 11.8 Å². The fourth-order valence-electron chi connectivity index (χ4n) is 1.23. The quantitative estimate of drug-likeness (QED) is 0.289. The second kappa shape index (κ2) is 7.84. The first-order chi connectivity index (χ1) is 7.93. The highest BCUT2D eigenvalue weighted by Crippen LogP contribution is 2.07.